The monoisotopic (exact) mass is 399 g/mol. The van der Waals surface area contributed by atoms with Crippen molar-refractivity contribution in [1.29, 1.82) is 0 Å². The Balaban J connectivity index is 2.16. The molecule has 0 aliphatic rings. The smallest absolute Gasteiger partial charge is 0.274 e. The van der Waals surface area contributed by atoms with Crippen molar-refractivity contribution in [2.75, 3.05) is 38.0 Å². The van der Waals surface area contributed by atoms with Crippen molar-refractivity contribution in [3.8, 4) is 0 Å². The van der Waals surface area contributed by atoms with Crippen molar-refractivity contribution in [2.24, 2.45) is 0 Å². The number of nitrogens with one attached hydrogen (secondary N) is 1. The van der Waals surface area contributed by atoms with Gasteiger partial charge < -0.3 is 10.2 Å². The highest BCUT2D eigenvalue weighted by Crippen LogP contribution is 2.26. The van der Waals surface area contributed by atoms with E-state index in [1.807, 2.05) is 19.0 Å². The summed E-state index contributed by atoms with van der Waals surface area (Å²) in [7, 11) is -0.0300. The minimum absolute atomic E-state index is 0.127. The number of halogens is 1. The highest BCUT2D eigenvalue weighted by atomic mass is 32.2. The molecule has 26 heavy (non-hydrogen) atoms. The van der Waals surface area contributed by atoms with Gasteiger partial charge in [-0.3, -0.25) is 9.10 Å². The number of rotatable bonds is 9. The number of benzene rings is 1. The topological polar surface area (TPSA) is 69.7 Å². The zero-order chi connectivity index (χ0) is 19.2. The number of hydrogen-bond donors (Lipinski definition) is 1. The lowest BCUT2D eigenvalue weighted by Gasteiger charge is -2.23. The summed E-state index contributed by atoms with van der Waals surface area (Å²) in [4.78, 5) is 14.3. The van der Waals surface area contributed by atoms with Crippen LogP contribution in [0, 0.1) is 5.82 Å². The van der Waals surface area contributed by atoms with E-state index in [0.717, 1.165) is 28.6 Å². The number of anilines is 1. The van der Waals surface area contributed by atoms with Gasteiger partial charge in [-0.25, -0.2) is 12.8 Å². The highest BCUT2D eigenvalue weighted by Gasteiger charge is 2.28. The zero-order valence-electron chi connectivity index (χ0n) is 14.7. The van der Waals surface area contributed by atoms with Gasteiger partial charge in [0.2, 0.25) is 5.91 Å². The zero-order valence-corrected chi connectivity index (χ0v) is 16.3. The van der Waals surface area contributed by atoms with E-state index in [1.165, 1.54) is 30.3 Å². The van der Waals surface area contributed by atoms with Gasteiger partial charge in [-0.1, -0.05) is 6.07 Å². The molecule has 1 aromatic carbocycles. The van der Waals surface area contributed by atoms with Crippen LogP contribution in [0.1, 0.15) is 6.42 Å². The van der Waals surface area contributed by atoms with Gasteiger partial charge in [0.1, 0.15) is 16.6 Å². The second-order valence-corrected chi connectivity index (χ2v) is 8.96. The fourth-order valence-electron chi connectivity index (χ4n) is 2.25. The predicted octanol–water partition coefficient (Wildman–Crippen LogP) is 2.15. The number of nitrogens with zero attached hydrogens (tertiary/aromatic N) is 2. The third kappa shape index (κ3) is 5.52. The lowest BCUT2D eigenvalue weighted by atomic mass is 10.3. The van der Waals surface area contributed by atoms with Gasteiger partial charge >= 0.3 is 0 Å². The second kappa shape index (κ2) is 9.11. The summed E-state index contributed by atoms with van der Waals surface area (Å²) in [6, 6.07) is 8.13. The van der Waals surface area contributed by atoms with Gasteiger partial charge in [0.15, 0.2) is 0 Å². The van der Waals surface area contributed by atoms with E-state index in [9.17, 15) is 17.6 Å². The average Bonchev–Trinajstić information content (AvgIpc) is 3.13. The van der Waals surface area contributed by atoms with E-state index in [2.05, 4.69) is 5.32 Å². The van der Waals surface area contributed by atoms with Gasteiger partial charge in [0, 0.05) is 6.54 Å². The molecule has 142 valence electrons. The Hall–Kier alpha value is -1.97. The van der Waals surface area contributed by atoms with Crippen molar-refractivity contribution in [3.05, 3.63) is 47.6 Å². The summed E-state index contributed by atoms with van der Waals surface area (Å²) in [5, 5.41) is 4.37. The molecule has 2 aromatic rings. The summed E-state index contributed by atoms with van der Waals surface area (Å²) in [6.45, 7) is 0.899. The van der Waals surface area contributed by atoms with Gasteiger partial charge in [0.25, 0.3) is 10.0 Å². The Kier molecular flexibility index (Phi) is 7.13. The van der Waals surface area contributed by atoms with Gasteiger partial charge in [-0.2, -0.15) is 0 Å². The Morgan fingerprint density at radius 2 is 1.88 bits per heavy atom. The summed E-state index contributed by atoms with van der Waals surface area (Å²) in [5.41, 5.74) is 0.239. The number of thiophene rings is 1. The normalized spacial score (nSPS) is 11.5. The molecule has 0 aliphatic carbocycles. The van der Waals surface area contributed by atoms with Crippen molar-refractivity contribution >= 4 is 33.0 Å². The van der Waals surface area contributed by atoms with Crippen LogP contribution in [0.4, 0.5) is 10.1 Å². The summed E-state index contributed by atoms with van der Waals surface area (Å²) in [6.07, 6.45) is 0.757. The van der Waals surface area contributed by atoms with Crippen LogP contribution in [0.2, 0.25) is 0 Å². The molecule has 0 spiro atoms. The third-order valence-electron chi connectivity index (χ3n) is 3.55. The third-order valence-corrected chi connectivity index (χ3v) is 6.69. The molecule has 0 unspecified atom stereocenters. The molecule has 1 heterocycles. The first-order chi connectivity index (χ1) is 12.3. The highest BCUT2D eigenvalue weighted by molar-refractivity contribution is 7.94. The number of hydrogen-bond acceptors (Lipinski definition) is 5. The molecule has 1 aromatic heterocycles. The first kappa shape index (κ1) is 20.3. The maximum absolute atomic E-state index is 13.2. The van der Waals surface area contributed by atoms with Crippen LogP contribution in [-0.4, -0.2) is 53.0 Å². The molecule has 0 fully saturated rings. The summed E-state index contributed by atoms with van der Waals surface area (Å²) < 4.78 is 40.1. The Morgan fingerprint density at radius 1 is 1.19 bits per heavy atom. The first-order valence-corrected chi connectivity index (χ1v) is 10.4. The molecule has 2 rings (SSSR count). The molecule has 0 atom stereocenters. The van der Waals surface area contributed by atoms with E-state index in [-0.39, 0.29) is 16.4 Å². The minimum atomic E-state index is -3.90. The fourth-order valence-corrected chi connectivity index (χ4v) is 4.78. The molecule has 0 saturated carbocycles. The second-order valence-electron chi connectivity index (χ2n) is 5.93. The summed E-state index contributed by atoms with van der Waals surface area (Å²) in [5.74, 6) is -0.886. The van der Waals surface area contributed by atoms with E-state index >= 15 is 0 Å². The Morgan fingerprint density at radius 3 is 2.46 bits per heavy atom. The van der Waals surface area contributed by atoms with Gasteiger partial charge in [0.05, 0.1) is 5.69 Å². The Labute approximate surface area is 157 Å². The molecule has 9 heteroatoms. The Bertz CT molecular complexity index is 806. The minimum Gasteiger partial charge on any atom is -0.354 e. The predicted molar refractivity (Wildman–Crippen MR) is 101 cm³/mol. The number of sulfonamides is 1. The summed E-state index contributed by atoms with van der Waals surface area (Å²) >= 11 is 1.07. The van der Waals surface area contributed by atoms with Crippen LogP contribution in [-0.2, 0) is 14.8 Å². The van der Waals surface area contributed by atoms with Crippen molar-refractivity contribution < 1.29 is 17.6 Å². The lowest BCUT2D eigenvalue weighted by molar-refractivity contribution is -0.119. The first-order valence-electron chi connectivity index (χ1n) is 8.04. The van der Waals surface area contributed by atoms with Crippen LogP contribution in [0.15, 0.2) is 46.0 Å². The van der Waals surface area contributed by atoms with Crippen molar-refractivity contribution in [1.82, 2.24) is 10.2 Å². The van der Waals surface area contributed by atoms with Crippen LogP contribution >= 0.6 is 11.3 Å². The fraction of sp³-hybridized carbons (Fsp3) is 0.353. The van der Waals surface area contributed by atoms with E-state index in [0.29, 0.717) is 6.54 Å². The number of amides is 1. The lowest BCUT2D eigenvalue weighted by Crippen LogP contribution is -2.41. The maximum atomic E-state index is 13.2. The number of carbonyl (C=O) groups is 1. The van der Waals surface area contributed by atoms with Crippen LogP contribution in [0.5, 0.6) is 0 Å². The number of carbonyl (C=O) groups excluding carboxylic acids is 1. The molecular weight excluding hydrogens is 377 g/mol. The van der Waals surface area contributed by atoms with Crippen LogP contribution in [0.25, 0.3) is 0 Å². The van der Waals surface area contributed by atoms with Gasteiger partial charge in [-0.05, 0) is 62.8 Å². The quantitative estimate of drug-likeness (QED) is 0.656. The van der Waals surface area contributed by atoms with Crippen LogP contribution in [0.3, 0.4) is 0 Å². The molecule has 0 bridgehead atoms. The molecule has 1 N–H and O–H groups in total. The molecule has 0 aliphatic heterocycles. The van der Waals surface area contributed by atoms with E-state index < -0.39 is 21.7 Å². The average molecular weight is 400 g/mol. The maximum Gasteiger partial charge on any atom is 0.274 e. The molecule has 6 nitrogen and oxygen atoms in total. The molecule has 0 radical (unpaired) electrons. The van der Waals surface area contributed by atoms with Crippen molar-refractivity contribution in [2.45, 2.75) is 10.6 Å². The van der Waals surface area contributed by atoms with Crippen molar-refractivity contribution in [3.63, 3.8) is 0 Å². The van der Waals surface area contributed by atoms with E-state index in [4.69, 9.17) is 0 Å². The largest absolute Gasteiger partial charge is 0.354 e. The van der Waals surface area contributed by atoms with Gasteiger partial charge in [-0.15, -0.1) is 11.3 Å². The van der Waals surface area contributed by atoms with Crippen LogP contribution < -0.4 is 9.62 Å². The molecule has 1 amide bonds. The van der Waals surface area contributed by atoms with E-state index in [1.54, 1.807) is 11.4 Å². The standard InChI is InChI=1S/C17H22FN3O3S2/c1-20(2)11-4-10-19-16(22)13-21(15-8-6-14(18)7-9-15)26(23,24)17-5-3-12-25-17/h3,5-9,12H,4,10-11,13H2,1-2H3,(H,19,22). The molecule has 0 saturated heterocycles. The molecular formula is C17H22FN3O3S2. The SMILES string of the molecule is CN(C)CCCNC(=O)CN(c1ccc(F)cc1)S(=O)(=O)c1cccs1.